The highest BCUT2D eigenvalue weighted by atomic mass is 16.2. The molecule has 0 aromatic carbocycles. The van der Waals surface area contributed by atoms with Crippen molar-refractivity contribution in [3.05, 3.63) is 0 Å². The molecule has 2 heterocycles. The van der Waals surface area contributed by atoms with Gasteiger partial charge in [0.15, 0.2) is 0 Å². The van der Waals surface area contributed by atoms with E-state index < -0.39 is 0 Å². The number of carbonyl (C=O) groups is 4. The molecule has 4 N–H and O–H groups in total. The highest BCUT2D eigenvalue weighted by Crippen LogP contribution is 2.17. The molecule has 2 aliphatic heterocycles. The van der Waals surface area contributed by atoms with Crippen molar-refractivity contribution in [3.8, 4) is 0 Å². The minimum Gasteiger partial charge on any atom is -0.369 e. The molecule has 0 aromatic heterocycles. The van der Waals surface area contributed by atoms with Gasteiger partial charge in [-0.1, -0.05) is 0 Å². The van der Waals surface area contributed by atoms with Gasteiger partial charge in [-0.15, -0.1) is 0 Å². The highest BCUT2D eigenvalue weighted by Gasteiger charge is 2.26. The van der Waals surface area contributed by atoms with Gasteiger partial charge in [0.2, 0.25) is 23.6 Å². The summed E-state index contributed by atoms with van der Waals surface area (Å²) in [5.74, 6) is -0.694. The van der Waals surface area contributed by atoms with E-state index >= 15 is 0 Å². The topological polar surface area (TPSA) is 133 Å². The Morgan fingerprint density at radius 1 is 0.700 bits per heavy atom. The van der Waals surface area contributed by atoms with Crippen LogP contribution in [0.25, 0.3) is 0 Å². The number of nitrogens with two attached hydrogens (primary N) is 2. The van der Waals surface area contributed by atoms with E-state index in [1.165, 1.54) is 0 Å². The summed E-state index contributed by atoms with van der Waals surface area (Å²) in [5, 5.41) is 0. The molecule has 0 spiro atoms. The number of piperidine rings is 2. The number of hydrogen-bond acceptors (Lipinski definition) is 6. The Hall–Kier alpha value is -2.20. The lowest BCUT2D eigenvalue weighted by Gasteiger charge is -2.32. The van der Waals surface area contributed by atoms with Crippen molar-refractivity contribution in [3.63, 3.8) is 0 Å². The van der Waals surface area contributed by atoms with Gasteiger partial charge in [-0.25, -0.2) is 0 Å². The number of hydrogen-bond donors (Lipinski definition) is 2. The molecule has 2 saturated heterocycles. The van der Waals surface area contributed by atoms with Gasteiger partial charge in [-0.2, -0.15) is 0 Å². The maximum atomic E-state index is 12.5. The van der Waals surface area contributed by atoms with Gasteiger partial charge in [0, 0.05) is 39.0 Å². The van der Waals surface area contributed by atoms with E-state index in [1.54, 1.807) is 23.9 Å². The fourth-order valence-electron chi connectivity index (χ4n) is 3.92. The molecule has 0 atom stereocenters. The Kier molecular flexibility index (Phi) is 9.04. The largest absolute Gasteiger partial charge is 0.369 e. The Balaban J connectivity index is 1.65. The second-order valence-electron chi connectivity index (χ2n) is 8.54. The molecular formula is C20H36N6O4. The molecule has 30 heavy (non-hydrogen) atoms. The summed E-state index contributed by atoms with van der Waals surface area (Å²) < 4.78 is 0. The summed E-state index contributed by atoms with van der Waals surface area (Å²) >= 11 is 0. The molecule has 170 valence electrons. The monoisotopic (exact) mass is 424 g/mol. The predicted molar refractivity (Wildman–Crippen MR) is 112 cm³/mol. The molecule has 0 saturated carbocycles. The second-order valence-corrected chi connectivity index (χ2v) is 8.54. The average Bonchev–Trinajstić information content (AvgIpc) is 2.72. The number of nitrogens with zero attached hydrogens (tertiary/aromatic N) is 4. The van der Waals surface area contributed by atoms with Crippen molar-refractivity contribution >= 4 is 23.6 Å². The Morgan fingerprint density at radius 2 is 1.00 bits per heavy atom. The Labute approximate surface area is 178 Å². The van der Waals surface area contributed by atoms with E-state index in [9.17, 15) is 19.2 Å². The SMILES string of the molecule is CN(CCN(C)C(=O)CN1CCC(C(N)=O)CC1)C(=O)CN1CCC(C(N)=O)CC1. The van der Waals surface area contributed by atoms with Gasteiger partial charge in [0.1, 0.15) is 0 Å². The third kappa shape index (κ3) is 7.24. The van der Waals surface area contributed by atoms with Crippen molar-refractivity contribution in [2.45, 2.75) is 25.7 Å². The van der Waals surface area contributed by atoms with E-state index in [-0.39, 0.29) is 35.5 Å². The lowest BCUT2D eigenvalue weighted by atomic mass is 9.96. The van der Waals surface area contributed by atoms with Crippen LogP contribution in [0.3, 0.4) is 0 Å². The van der Waals surface area contributed by atoms with E-state index in [0.717, 1.165) is 0 Å². The summed E-state index contributed by atoms with van der Waals surface area (Å²) in [4.78, 5) is 54.8. The number of primary amides is 2. The first-order valence-corrected chi connectivity index (χ1v) is 10.7. The molecule has 4 amide bonds. The molecule has 10 nitrogen and oxygen atoms in total. The zero-order chi connectivity index (χ0) is 22.3. The van der Waals surface area contributed by atoms with E-state index in [2.05, 4.69) is 0 Å². The fraction of sp³-hybridized carbons (Fsp3) is 0.800. The molecule has 2 fully saturated rings. The van der Waals surface area contributed by atoms with Crippen LogP contribution >= 0.6 is 0 Å². The fourth-order valence-corrected chi connectivity index (χ4v) is 3.92. The van der Waals surface area contributed by atoms with Crippen molar-refractivity contribution < 1.29 is 19.2 Å². The summed E-state index contributed by atoms with van der Waals surface area (Å²) in [6.07, 6.45) is 2.78. The molecule has 10 heteroatoms. The lowest BCUT2D eigenvalue weighted by molar-refractivity contribution is -0.135. The summed E-state index contributed by atoms with van der Waals surface area (Å²) in [5.41, 5.74) is 10.7. The van der Waals surface area contributed by atoms with Gasteiger partial charge in [0.05, 0.1) is 13.1 Å². The smallest absolute Gasteiger partial charge is 0.236 e. The number of rotatable bonds is 9. The maximum absolute atomic E-state index is 12.5. The van der Waals surface area contributed by atoms with Crippen LogP contribution in [0.15, 0.2) is 0 Å². The molecule has 0 aromatic rings. The molecular weight excluding hydrogens is 388 g/mol. The van der Waals surface area contributed by atoms with Crippen molar-refractivity contribution in [2.24, 2.45) is 23.3 Å². The molecule has 0 radical (unpaired) electrons. The van der Waals surface area contributed by atoms with Crippen LogP contribution in [0.4, 0.5) is 0 Å². The van der Waals surface area contributed by atoms with Crippen LogP contribution in [0.1, 0.15) is 25.7 Å². The number of likely N-dealkylation sites (tertiary alicyclic amines) is 2. The third-order valence-electron chi connectivity index (χ3n) is 6.32. The summed E-state index contributed by atoms with van der Waals surface area (Å²) in [6.45, 7) is 4.32. The Morgan fingerprint density at radius 3 is 1.27 bits per heavy atom. The normalized spacial score (nSPS) is 19.4. The zero-order valence-corrected chi connectivity index (χ0v) is 18.2. The predicted octanol–water partition coefficient (Wildman–Crippen LogP) is -1.70. The average molecular weight is 425 g/mol. The van der Waals surface area contributed by atoms with Gasteiger partial charge in [-0.3, -0.25) is 29.0 Å². The molecule has 0 unspecified atom stereocenters. The van der Waals surface area contributed by atoms with Crippen LogP contribution in [0.5, 0.6) is 0 Å². The van der Waals surface area contributed by atoms with E-state index in [1.807, 2.05) is 9.80 Å². The number of carbonyl (C=O) groups excluding carboxylic acids is 4. The standard InChI is InChI=1S/C20H36N6O4/c1-23(17(27)13-25-7-3-15(4-8-25)19(21)29)11-12-24(2)18(28)14-26-9-5-16(6-10-26)20(22)30/h15-16H,3-14H2,1-2H3,(H2,21,29)(H2,22,30). The summed E-state index contributed by atoms with van der Waals surface area (Å²) in [7, 11) is 3.48. The zero-order valence-electron chi connectivity index (χ0n) is 18.2. The minimum absolute atomic E-state index is 0.00176. The van der Waals surface area contributed by atoms with Crippen molar-refractivity contribution in [1.29, 1.82) is 0 Å². The number of amides is 4. The lowest BCUT2D eigenvalue weighted by Crippen LogP contribution is -2.47. The number of likely N-dealkylation sites (N-methyl/N-ethyl adjacent to an activating group) is 2. The van der Waals surface area contributed by atoms with Crippen LogP contribution in [-0.2, 0) is 19.2 Å². The van der Waals surface area contributed by atoms with Gasteiger partial charge in [-0.05, 0) is 51.9 Å². The minimum atomic E-state index is -0.261. The quantitative estimate of drug-likeness (QED) is 0.453. The van der Waals surface area contributed by atoms with Crippen LogP contribution in [0.2, 0.25) is 0 Å². The molecule has 0 bridgehead atoms. The maximum Gasteiger partial charge on any atom is 0.236 e. The van der Waals surface area contributed by atoms with Crippen molar-refractivity contribution in [2.75, 3.05) is 66.5 Å². The van der Waals surface area contributed by atoms with Crippen molar-refractivity contribution in [1.82, 2.24) is 19.6 Å². The van der Waals surface area contributed by atoms with Crippen LogP contribution in [0, 0.1) is 11.8 Å². The third-order valence-corrected chi connectivity index (χ3v) is 6.32. The van der Waals surface area contributed by atoms with Crippen LogP contribution in [-0.4, -0.2) is 110 Å². The highest BCUT2D eigenvalue weighted by molar-refractivity contribution is 5.80. The van der Waals surface area contributed by atoms with Gasteiger partial charge < -0.3 is 21.3 Å². The first-order chi connectivity index (χ1) is 14.2. The molecule has 2 rings (SSSR count). The van der Waals surface area contributed by atoms with Crippen LogP contribution < -0.4 is 11.5 Å². The van der Waals surface area contributed by atoms with E-state index in [0.29, 0.717) is 78.0 Å². The molecule has 2 aliphatic rings. The van der Waals surface area contributed by atoms with Gasteiger partial charge in [0.25, 0.3) is 0 Å². The first kappa shape index (κ1) is 24.1. The second kappa shape index (κ2) is 11.3. The van der Waals surface area contributed by atoms with Gasteiger partial charge >= 0.3 is 0 Å². The Bertz CT molecular complexity index is 573. The van der Waals surface area contributed by atoms with E-state index in [4.69, 9.17) is 11.5 Å². The first-order valence-electron chi connectivity index (χ1n) is 10.7. The summed E-state index contributed by atoms with van der Waals surface area (Å²) in [6, 6.07) is 0. The molecule has 0 aliphatic carbocycles.